The van der Waals surface area contributed by atoms with Crippen LogP contribution in [0.25, 0.3) is 11.1 Å². The van der Waals surface area contributed by atoms with Gasteiger partial charge >= 0.3 is 5.97 Å². The number of carbonyl (C=O) groups excluding carboxylic acids is 1. The number of hydrogen-bond acceptors (Lipinski definition) is 3. The summed E-state index contributed by atoms with van der Waals surface area (Å²) in [7, 11) is 0. The van der Waals surface area contributed by atoms with E-state index in [-0.39, 0.29) is 18.0 Å². The highest BCUT2D eigenvalue weighted by molar-refractivity contribution is 5.86. The monoisotopic (exact) mass is 338 g/mol. The number of rotatable bonds is 5. The number of aromatic hydroxyl groups is 1. The van der Waals surface area contributed by atoms with Crippen LogP contribution in [-0.2, 0) is 21.4 Å². The second kappa shape index (κ2) is 7.56. The van der Waals surface area contributed by atoms with E-state index in [0.717, 1.165) is 22.3 Å². The molecule has 0 aromatic heterocycles. The molecule has 0 radical (unpaired) electrons. The molecule has 0 bridgehead atoms. The zero-order valence-corrected chi connectivity index (χ0v) is 15.4. The summed E-state index contributed by atoms with van der Waals surface area (Å²) < 4.78 is 5.21. The van der Waals surface area contributed by atoms with Crippen LogP contribution in [0.3, 0.4) is 0 Å². The summed E-state index contributed by atoms with van der Waals surface area (Å²) in [6, 6.07) is 13.8. The normalized spacial score (nSPS) is 11.2. The largest absolute Gasteiger partial charge is 0.507 e. The Hall–Kier alpha value is -2.55. The van der Waals surface area contributed by atoms with Crippen LogP contribution in [-0.4, -0.2) is 17.7 Å². The fourth-order valence-corrected chi connectivity index (χ4v) is 2.63. The summed E-state index contributed by atoms with van der Waals surface area (Å²) in [5.74, 6) is -0.0699. The number of ether oxygens (including phenoxy) is 1. The van der Waals surface area contributed by atoms with E-state index in [1.54, 1.807) is 6.92 Å². The highest BCUT2D eigenvalue weighted by Crippen LogP contribution is 2.39. The number of phenols is 1. The molecule has 0 atom stereocenters. The van der Waals surface area contributed by atoms with Gasteiger partial charge in [-0.05, 0) is 29.5 Å². The lowest BCUT2D eigenvalue weighted by Crippen LogP contribution is -2.13. The highest BCUT2D eigenvalue weighted by Gasteiger charge is 2.22. The molecule has 2 aromatic rings. The molecule has 3 heteroatoms. The summed E-state index contributed by atoms with van der Waals surface area (Å²) >= 11 is 0. The van der Waals surface area contributed by atoms with E-state index in [2.05, 4.69) is 27.4 Å². The first kappa shape index (κ1) is 18.8. The van der Waals surface area contributed by atoms with Crippen molar-refractivity contribution < 1.29 is 14.6 Å². The predicted octanol–water partition coefficient (Wildman–Crippen LogP) is 5.02. The molecule has 0 aliphatic carbocycles. The summed E-state index contributed by atoms with van der Waals surface area (Å²) in [4.78, 5) is 11.5. The number of phenolic OH excluding ortho intramolecular Hbond substituents is 1. The van der Waals surface area contributed by atoms with E-state index in [0.29, 0.717) is 17.7 Å². The van der Waals surface area contributed by atoms with E-state index in [4.69, 9.17) is 4.74 Å². The molecule has 0 aliphatic rings. The van der Waals surface area contributed by atoms with Crippen molar-refractivity contribution in [3.05, 3.63) is 65.7 Å². The third-order valence-corrected chi connectivity index (χ3v) is 4.03. The molecular weight excluding hydrogens is 312 g/mol. The van der Waals surface area contributed by atoms with E-state index in [1.807, 2.05) is 42.5 Å². The lowest BCUT2D eigenvalue weighted by atomic mass is 9.82. The van der Waals surface area contributed by atoms with Crippen molar-refractivity contribution in [3.8, 4) is 16.9 Å². The number of hydrogen-bond donors (Lipinski definition) is 1. The van der Waals surface area contributed by atoms with Crippen LogP contribution in [0, 0.1) is 0 Å². The lowest BCUT2D eigenvalue weighted by Gasteiger charge is -2.23. The van der Waals surface area contributed by atoms with E-state index < -0.39 is 0 Å². The lowest BCUT2D eigenvalue weighted by molar-refractivity contribution is -0.138. The van der Waals surface area contributed by atoms with Crippen molar-refractivity contribution in [2.24, 2.45) is 0 Å². The van der Waals surface area contributed by atoms with E-state index in [9.17, 15) is 9.90 Å². The third-order valence-electron chi connectivity index (χ3n) is 4.03. The van der Waals surface area contributed by atoms with Crippen LogP contribution in [0.15, 0.2) is 54.6 Å². The van der Waals surface area contributed by atoms with Gasteiger partial charge in [0.1, 0.15) is 5.75 Å². The molecular formula is C22H26O3. The fraction of sp³-hybridized carbons (Fsp3) is 0.318. The molecule has 2 aromatic carbocycles. The van der Waals surface area contributed by atoms with Crippen LogP contribution in [0.1, 0.15) is 38.8 Å². The minimum atomic E-state index is -0.377. The molecule has 0 saturated carbocycles. The Kier molecular flexibility index (Phi) is 5.68. The molecule has 0 heterocycles. The highest BCUT2D eigenvalue weighted by atomic mass is 16.5. The first-order valence-electron chi connectivity index (χ1n) is 8.44. The van der Waals surface area contributed by atoms with Crippen LogP contribution in [0.5, 0.6) is 5.75 Å². The first-order chi connectivity index (χ1) is 11.7. The van der Waals surface area contributed by atoms with Crippen molar-refractivity contribution in [2.75, 3.05) is 6.61 Å². The molecule has 0 spiro atoms. The summed E-state index contributed by atoms with van der Waals surface area (Å²) in [5.41, 5.74) is 3.87. The minimum Gasteiger partial charge on any atom is -0.507 e. The molecule has 2 rings (SSSR count). The Labute approximate surface area is 150 Å². The first-order valence-corrected chi connectivity index (χ1v) is 8.44. The van der Waals surface area contributed by atoms with E-state index >= 15 is 0 Å². The number of esters is 1. The van der Waals surface area contributed by atoms with Gasteiger partial charge in [-0.2, -0.15) is 0 Å². The zero-order valence-electron chi connectivity index (χ0n) is 15.4. The Balaban J connectivity index is 2.37. The molecule has 0 amide bonds. The van der Waals surface area contributed by atoms with Gasteiger partial charge in [0.05, 0.1) is 6.61 Å². The minimum absolute atomic E-state index is 0.196. The van der Waals surface area contributed by atoms with Gasteiger partial charge in [-0.3, -0.25) is 0 Å². The van der Waals surface area contributed by atoms with Crippen molar-refractivity contribution in [1.29, 1.82) is 0 Å². The Morgan fingerprint density at radius 2 is 1.80 bits per heavy atom. The molecule has 0 saturated heterocycles. The Morgan fingerprint density at radius 3 is 2.36 bits per heavy atom. The topological polar surface area (TPSA) is 46.5 Å². The van der Waals surface area contributed by atoms with Gasteiger partial charge in [0.15, 0.2) is 0 Å². The molecule has 0 aliphatic heterocycles. The molecule has 132 valence electrons. The van der Waals surface area contributed by atoms with E-state index in [1.165, 1.54) is 0 Å². The average Bonchev–Trinajstić information content (AvgIpc) is 2.55. The smallest absolute Gasteiger partial charge is 0.333 e. The summed E-state index contributed by atoms with van der Waals surface area (Å²) in [6.07, 6.45) is 0.586. The van der Waals surface area contributed by atoms with Crippen molar-refractivity contribution in [1.82, 2.24) is 0 Å². The molecule has 3 nitrogen and oxygen atoms in total. The van der Waals surface area contributed by atoms with Crippen molar-refractivity contribution in [3.63, 3.8) is 0 Å². The van der Waals surface area contributed by atoms with Crippen molar-refractivity contribution >= 4 is 5.97 Å². The molecule has 0 unspecified atom stereocenters. The van der Waals surface area contributed by atoms with Gasteiger partial charge in [-0.25, -0.2) is 4.79 Å². The SMILES string of the molecule is C=C(C)C(=O)OCCc1cc(-c2ccccc2)c(O)c(C(C)(C)C)c1. The standard InChI is InChI=1S/C22H26O3/c1-15(2)21(24)25-12-11-16-13-18(17-9-7-6-8-10-17)20(23)19(14-16)22(3,4)5/h6-10,13-14,23H,1,11-12H2,2-5H3. The maximum absolute atomic E-state index is 11.5. The van der Waals surface area contributed by atoms with Gasteiger partial charge in [0.25, 0.3) is 0 Å². The Bertz CT molecular complexity index is 768. The molecule has 1 N–H and O–H groups in total. The van der Waals surface area contributed by atoms with Crippen LogP contribution < -0.4 is 0 Å². The quantitative estimate of drug-likeness (QED) is 0.615. The second-order valence-corrected chi connectivity index (χ2v) is 7.32. The maximum atomic E-state index is 11.5. The van der Waals surface area contributed by atoms with Crippen LogP contribution >= 0.6 is 0 Å². The van der Waals surface area contributed by atoms with Crippen molar-refractivity contribution in [2.45, 2.75) is 39.5 Å². The van der Waals surface area contributed by atoms with Gasteiger partial charge < -0.3 is 9.84 Å². The van der Waals surface area contributed by atoms with Gasteiger partial charge in [0.2, 0.25) is 0 Å². The maximum Gasteiger partial charge on any atom is 0.333 e. The van der Waals surface area contributed by atoms with Gasteiger partial charge in [0, 0.05) is 23.1 Å². The summed E-state index contributed by atoms with van der Waals surface area (Å²) in [6.45, 7) is 11.7. The Morgan fingerprint density at radius 1 is 1.16 bits per heavy atom. The average molecular weight is 338 g/mol. The second-order valence-electron chi connectivity index (χ2n) is 7.32. The predicted molar refractivity (Wildman–Crippen MR) is 102 cm³/mol. The summed E-state index contributed by atoms with van der Waals surface area (Å²) in [5, 5.41) is 10.8. The van der Waals surface area contributed by atoms with Gasteiger partial charge in [-0.15, -0.1) is 0 Å². The molecule has 25 heavy (non-hydrogen) atoms. The van der Waals surface area contributed by atoms with Crippen LogP contribution in [0.4, 0.5) is 0 Å². The molecule has 0 fully saturated rings. The fourth-order valence-electron chi connectivity index (χ4n) is 2.63. The number of carbonyl (C=O) groups is 1. The van der Waals surface area contributed by atoms with Gasteiger partial charge in [-0.1, -0.05) is 63.7 Å². The third kappa shape index (κ3) is 4.72. The number of benzene rings is 2. The van der Waals surface area contributed by atoms with Crippen LogP contribution in [0.2, 0.25) is 0 Å². The zero-order chi connectivity index (χ0) is 18.6.